The molecule has 3 saturated heterocycles. The van der Waals surface area contributed by atoms with Crippen LogP contribution in [0.3, 0.4) is 0 Å². The van der Waals surface area contributed by atoms with E-state index >= 15 is 0 Å². The summed E-state index contributed by atoms with van der Waals surface area (Å²) in [6.07, 6.45) is 1.87. The summed E-state index contributed by atoms with van der Waals surface area (Å²) >= 11 is 0. The molecule has 0 N–H and O–H groups in total. The lowest BCUT2D eigenvalue weighted by molar-refractivity contribution is -0.138. The fourth-order valence-electron chi connectivity index (χ4n) is 4.27. The number of fused-ring (bicyclic) bond motifs is 4. The molecule has 0 saturated carbocycles. The molecule has 3 aliphatic rings. The number of amides is 2. The van der Waals surface area contributed by atoms with Crippen molar-refractivity contribution in [1.82, 2.24) is 19.6 Å². The van der Waals surface area contributed by atoms with Crippen LogP contribution >= 0.6 is 0 Å². The highest BCUT2D eigenvalue weighted by Crippen LogP contribution is 2.28. The number of hydrogen-bond donors (Lipinski definition) is 0. The maximum atomic E-state index is 13.0. The molecular weight excluding hydrogens is 340 g/mol. The summed E-state index contributed by atoms with van der Waals surface area (Å²) in [4.78, 5) is 29.0. The molecule has 27 heavy (non-hydrogen) atoms. The van der Waals surface area contributed by atoms with E-state index in [0.29, 0.717) is 25.2 Å². The Morgan fingerprint density at radius 1 is 1.15 bits per heavy atom. The second kappa shape index (κ2) is 6.83. The SMILES string of the molecule is Cc1cc(C)n(Cc2ccc(C(=O)N3C[C@@H]4CC[C@H](C3)N(C)C4=O)cc2)n1. The van der Waals surface area contributed by atoms with E-state index in [9.17, 15) is 9.59 Å². The van der Waals surface area contributed by atoms with E-state index in [-0.39, 0.29) is 23.8 Å². The van der Waals surface area contributed by atoms with Crippen molar-refractivity contribution in [2.24, 2.45) is 5.92 Å². The normalized spacial score (nSPS) is 22.3. The lowest BCUT2D eigenvalue weighted by Gasteiger charge is -2.32. The van der Waals surface area contributed by atoms with Crippen molar-refractivity contribution < 1.29 is 9.59 Å². The van der Waals surface area contributed by atoms with Crippen molar-refractivity contribution in [2.45, 2.75) is 39.3 Å². The maximum Gasteiger partial charge on any atom is 0.253 e. The second-order valence-electron chi connectivity index (χ2n) is 7.87. The Kier molecular flexibility index (Phi) is 4.50. The summed E-state index contributed by atoms with van der Waals surface area (Å²) in [5.41, 5.74) is 3.93. The molecule has 6 nitrogen and oxygen atoms in total. The van der Waals surface area contributed by atoms with E-state index in [1.807, 2.05) is 59.6 Å². The highest BCUT2D eigenvalue weighted by molar-refractivity contribution is 5.95. The van der Waals surface area contributed by atoms with Crippen LogP contribution in [0, 0.1) is 19.8 Å². The van der Waals surface area contributed by atoms with Gasteiger partial charge in [0, 0.05) is 37.4 Å². The van der Waals surface area contributed by atoms with Gasteiger partial charge in [-0.05, 0) is 50.5 Å². The van der Waals surface area contributed by atoms with Crippen molar-refractivity contribution >= 4 is 11.8 Å². The van der Waals surface area contributed by atoms with Crippen LogP contribution in [-0.4, -0.2) is 57.6 Å². The first-order valence-corrected chi connectivity index (χ1v) is 9.58. The van der Waals surface area contributed by atoms with Gasteiger partial charge in [-0.3, -0.25) is 14.3 Å². The van der Waals surface area contributed by atoms with Crippen LogP contribution in [0.4, 0.5) is 0 Å². The molecule has 0 aliphatic carbocycles. The number of benzene rings is 1. The van der Waals surface area contributed by atoms with E-state index in [4.69, 9.17) is 0 Å². The van der Waals surface area contributed by atoms with Crippen LogP contribution in [0.2, 0.25) is 0 Å². The third kappa shape index (κ3) is 3.36. The Hall–Kier alpha value is -2.63. The summed E-state index contributed by atoms with van der Waals surface area (Å²) in [7, 11) is 1.86. The van der Waals surface area contributed by atoms with Crippen LogP contribution in [0.25, 0.3) is 0 Å². The zero-order valence-electron chi connectivity index (χ0n) is 16.2. The minimum Gasteiger partial charge on any atom is -0.341 e. The van der Waals surface area contributed by atoms with Crippen molar-refractivity contribution in [3.8, 4) is 0 Å². The summed E-state index contributed by atoms with van der Waals surface area (Å²) < 4.78 is 1.97. The predicted molar refractivity (Wildman–Crippen MR) is 102 cm³/mol. The van der Waals surface area contributed by atoms with Gasteiger partial charge >= 0.3 is 0 Å². The first-order valence-electron chi connectivity index (χ1n) is 9.58. The lowest BCUT2D eigenvalue weighted by Crippen LogP contribution is -2.45. The van der Waals surface area contributed by atoms with Crippen LogP contribution in [0.1, 0.15) is 40.2 Å². The highest BCUT2D eigenvalue weighted by Gasteiger charge is 2.40. The first kappa shape index (κ1) is 17.8. The Morgan fingerprint density at radius 3 is 2.56 bits per heavy atom. The average molecular weight is 366 g/mol. The Labute approximate surface area is 159 Å². The minimum absolute atomic E-state index is 0.0210. The van der Waals surface area contributed by atoms with Crippen molar-refractivity contribution in [2.75, 3.05) is 20.1 Å². The number of rotatable bonds is 3. The van der Waals surface area contributed by atoms with E-state index in [0.717, 1.165) is 29.8 Å². The standard InChI is InChI=1S/C21H26N4O2/c1-14-10-15(2)25(22-14)11-16-4-6-17(7-5-16)21(27)24-12-18-8-9-19(13-24)23(3)20(18)26/h4-7,10,18-19H,8-9,11-13H2,1-3H3/t18-,19+/m0/s1. The molecule has 2 aromatic rings. The zero-order valence-corrected chi connectivity index (χ0v) is 16.2. The third-order valence-corrected chi connectivity index (χ3v) is 5.89. The Morgan fingerprint density at radius 2 is 1.89 bits per heavy atom. The highest BCUT2D eigenvalue weighted by atomic mass is 16.2. The van der Waals surface area contributed by atoms with Crippen molar-refractivity contribution in [1.29, 1.82) is 0 Å². The number of aryl methyl sites for hydroxylation is 2. The largest absolute Gasteiger partial charge is 0.341 e. The average Bonchev–Trinajstić information content (AvgIpc) is 2.82. The summed E-state index contributed by atoms with van der Waals surface area (Å²) in [5.74, 6) is 0.150. The molecule has 2 bridgehead atoms. The predicted octanol–water partition coefficient (Wildman–Crippen LogP) is 2.24. The monoisotopic (exact) mass is 366 g/mol. The van der Waals surface area contributed by atoms with Crippen LogP contribution < -0.4 is 0 Å². The molecule has 2 atom stereocenters. The fraction of sp³-hybridized carbons (Fsp3) is 0.476. The van der Waals surface area contributed by atoms with Gasteiger partial charge in [0.15, 0.2) is 0 Å². The van der Waals surface area contributed by atoms with E-state index in [1.165, 1.54) is 0 Å². The van der Waals surface area contributed by atoms with Crippen LogP contribution in [0.5, 0.6) is 0 Å². The van der Waals surface area contributed by atoms with E-state index < -0.39 is 0 Å². The van der Waals surface area contributed by atoms with Gasteiger partial charge in [0.2, 0.25) is 5.91 Å². The number of likely N-dealkylation sites (N-methyl/N-ethyl adjacent to an activating group) is 1. The molecule has 3 fully saturated rings. The number of piperidine rings is 1. The molecule has 3 aliphatic heterocycles. The molecule has 4 heterocycles. The lowest BCUT2D eigenvalue weighted by atomic mass is 9.95. The number of carbonyl (C=O) groups excluding carboxylic acids is 2. The minimum atomic E-state index is -0.0528. The number of nitrogens with zero attached hydrogens (tertiary/aromatic N) is 4. The molecule has 5 rings (SSSR count). The van der Waals surface area contributed by atoms with Gasteiger partial charge in [-0.1, -0.05) is 12.1 Å². The second-order valence-corrected chi connectivity index (χ2v) is 7.87. The Bertz CT molecular complexity index is 871. The molecule has 0 unspecified atom stereocenters. The van der Waals surface area contributed by atoms with Gasteiger partial charge in [-0.25, -0.2) is 0 Å². The number of hydrogen-bond acceptors (Lipinski definition) is 3. The third-order valence-electron chi connectivity index (χ3n) is 5.89. The summed E-state index contributed by atoms with van der Waals surface area (Å²) in [5, 5.41) is 4.49. The number of carbonyl (C=O) groups is 2. The molecular formula is C21H26N4O2. The van der Waals surface area contributed by atoms with Gasteiger partial charge in [0.05, 0.1) is 18.2 Å². The topological polar surface area (TPSA) is 58.4 Å². The molecule has 1 aromatic carbocycles. The zero-order chi connectivity index (χ0) is 19.1. The molecule has 0 radical (unpaired) electrons. The van der Waals surface area contributed by atoms with Gasteiger partial charge in [0.25, 0.3) is 5.91 Å². The van der Waals surface area contributed by atoms with Gasteiger partial charge in [-0.15, -0.1) is 0 Å². The van der Waals surface area contributed by atoms with Crippen LogP contribution in [-0.2, 0) is 11.3 Å². The van der Waals surface area contributed by atoms with E-state index in [1.54, 1.807) is 0 Å². The molecule has 0 spiro atoms. The van der Waals surface area contributed by atoms with Crippen molar-refractivity contribution in [3.63, 3.8) is 0 Å². The van der Waals surface area contributed by atoms with Gasteiger partial charge < -0.3 is 9.80 Å². The fourth-order valence-corrected chi connectivity index (χ4v) is 4.27. The number of aromatic nitrogens is 2. The summed E-state index contributed by atoms with van der Waals surface area (Å²) in [6, 6.07) is 9.97. The summed E-state index contributed by atoms with van der Waals surface area (Å²) in [6.45, 7) is 5.89. The Balaban J connectivity index is 1.48. The first-order chi connectivity index (χ1) is 12.9. The molecule has 6 heteroatoms. The molecule has 1 aromatic heterocycles. The molecule has 142 valence electrons. The van der Waals surface area contributed by atoms with Crippen LogP contribution in [0.15, 0.2) is 30.3 Å². The van der Waals surface area contributed by atoms with E-state index in [2.05, 4.69) is 11.2 Å². The van der Waals surface area contributed by atoms with Gasteiger partial charge in [0.1, 0.15) is 0 Å². The molecule has 2 amide bonds. The van der Waals surface area contributed by atoms with Crippen molar-refractivity contribution in [3.05, 3.63) is 52.8 Å². The quantitative estimate of drug-likeness (QED) is 0.837. The van der Waals surface area contributed by atoms with Gasteiger partial charge in [-0.2, -0.15) is 5.10 Å². The maximum absolute atomic E-state index is 13.0. The smallest absolute Gasteiger partial charge is 0.253 e.